The van der Waals surface area contributed by atoms with Crippen molar-refractivity contribution in [3.8, 4) is 0 Å². The molecule has 6 nitrogen and oxygen atoms in total. The van der Waals surface area contributed by atoms with Gasteiger partial charge in [0.05, 0.1) is 11.1 Å². The maximum atomic E-state index is 12.3. The molecule has 0 aliphatic heterocycles. The number of ether oxygens (including phenoxy) is 1. The standard InChI is InChI=1S/C19H19N3O3/c1-4-22-17-8-6-14(10-16(17)20-21-22)19(24)25-11-18(23)15-7-5-12(2)9-13(15)3/h5-10H,4,11H2,1-3H3. The third kappa shape index (κ3) is 3.42. The van der Waals surface area contributed by atoms with E-state index in [2.05, 4.69) is 10.3 Å². The van der Waals surface area contributed by atoms with E-state index < -0.39 is 5.97 Å². The van der Waals surface area contributed by atoms with Gasteiger partial charge in [-0.2, -0.15) is 0 Å². The number of hydrogen-bond donors (Lipinski definition) is 0. The van der Waals surface area contributed by atoms with Gasteiger partial charge >= 0.3 is 5.97 Å². The van der Waals surface area contributed by atoms with Crippen LogP contribution in [-0.2, 0) is 11.3 Å². The van der Waals surface area contributed by atoms with Crippen LogP contribution in [0.5, 0.6) is 0 Å². The van der Waals surface area contributed by atoms with Crippen LogP contribution in [0.4, 0.5) is 0 Å². The number of carbonyl (C=O) groups is 2. The molecule has 0 bridgehead atoms. The average molecular weight is 337 g/mol. The minimum atomic E-state index is -0.550. The SMILES string of the molecule is CCn1nnc2cc(C(=O)OCC(=O)c3ccc(C)cc3C)ccc21. The number of hydrogen-bond acceptors (Lipinski definition) is 5. The van der Waals surface area contributed by atoms with Gasteiger partial charge in [-0.05, 0) is 44.5 Å². The molecule has 0 aliphatic rings. The molecule has 0 atom stereocenters. The summed E-state index contributed by atoms with van der Waals surface area (Å²) in [6, 6.07) is 10.6. The number of esters is 1. The number of ketones is 1. The van der Waals surface area contributed by atoms with Crippen molar-refractivity contribution in [1.29, 1.82) is 0 Å². The Labute approximate surface area is 145 Å². The van der Waals surface area contributed by atoms with E-state index in [1.807, 2.05) is 32.9 Å². The molecule has 3 aromatic rings. The molecule has 3 rings (SSSR count). The smallest absolute Gasteiger partial charge is 0.338 e. The lowest BCUT2D eigenvalue weighted by molar-refractivity contribution is 0.0474. The third-order valence-electron chi connectivity index (χ3n) is 4.07. The van der Waals surface area contributed by atoms with E-state index in [0.29, 0.717) is 23.2 Å². The summed E-state index contributed by atoms with van der Waals surface area (Å²) in [5, 5.41) is 8.04. The van der Waals surface area contributed by atoms with Gasteiger partial charge in [0.15, 0.2) is 6.61 Å². The van der Waals surface area contributed by atoms with Crippen LogP contribution in [0.25, 0.3) is 11.0 Å². The Morgan fingerprint density at radius 2 is 1.92 bits per heavy atom. The highest BCUT2D eigenvalue weighted by Gasteiger charge is 2.15. The van der Waals surface area contributed by atoms with Gasteiger partial charge in [0.2, 0.25) is 5.78 Å². The predicted octanol–water partition coefficient (Wildman–Crippen LogP) is 3.11. The first-order chi connectivity index (χ1) is 12.0. The van der Waals surface area contributed by atoms with Crippen molar-refractivity contribution in [2.45, 2.75) is 27.3 Å². The van der Waals surface area contributed by atoms with E-state index in [1.165, 1.54) is 0 Å². The molecular formula is C19H19N3O3. The molecule has 1 heterocycles. The summed E-state index contributed by atoms with van der Waals surface area (Å²) >= 11 is 0. The summed E-state index contributed by atoms with van der Waals surface area (Å²) in [7, 11) is 0. The fourth-order valence-electron chi connectivity index (χ4n) is 2.75. The summed E-state index contributed by atoms with van der Waals surface area (Å²) in [6.07, 6.45) is 0. The van der Waals surface area contributed by atoms with E-state index in [1.54, 1.807) is 28.9 Å². The van der Waals surface area contributed by atoms with Crippen molar-refractivity contribution in [1.82, 2.24) is 15.0 Å². The number of carbonyl (C=O) groups excluding carboxylic acids is 2. The van der Waals surface area contributed by atoms with E-state index in [4.69, 9.17) is 4.74 Å². The Morgan fingerprint density at radius 3 is 2.64 bits per heavy atom. The number of benzene rings is 2. The van der Waals surface area contributed by atoms with Crippen molar-refractivity contribution in [2.24, 2.45) is 0 Å². The zero-order valence-corrected chi connectivity index (χ0v) is 14.4. The van der Waals surface area contributed by atoms with Crippen LogP contribution in [0, 0.1) is 13.8 Å². The second kappa shape index (κ2) is 6.84. The molecule has 25 heavy (non-hydrogen) atoms. The van der Waals surface area contributed by atoms with Crippen molar-refractivity contribution >= 4 is 22.8 Å². The molecule has 0 fully saturated rings. The van der Waals surface area contributed by atoms with Gasteiger partial charge in [0.1, 0.15) is 5.52 Å². The van der Waals surface area contributed by atoms with Crippen molar-refractivity contribution in [3.63, 3.8) is 0 Å². The lowest BCUT2D eigenvalue weighted by Crippen LogP contribution is -2.15. The van der Waals surface area contributed by atoms with Gasteiger partial charge in [-0.25, -0.2) is 9.48 Å². The van der Waals surface area contributed by atoms with Crippen molar-refractivity contribution in [2.75, 3.05) is 6.61 Å². The molecule has 1 aromatic heterocycles. The molecular weight excluding hydrogens is 318 g/mol. The largest absolute Gasteiger partial charge is 0.454 e. The number of aryl methyl sites for hydroxylation is 3. The van der Waals surface area contributed by atoms with E-state index in [-0.39, 0.29) is 12.4 Å². The number of aromatic nitrogens is 3. The molecule has 128 valence electrons. The Kier molecular flexibility index (Phi) is 4.61. The second-order valence-corrected chi connectivity index (χ2v) is 5.93. The van der Waals surface area contributed by atoms with Gasteiger partial charge in [0.25, 0.3) is 0 Å². The predicted molar refractivity (Wildman–Crippen MR) is 93.7 cm³/mol. The summed E-state index contributed by atoms with van der Waals surface area (Å²) < 4.78 is 6.91. The van der Waals surface area contributed by atoms with E-state index in [9.17, 15) is 9.59 Å². The monoisotopic (exact) mass is 337 g/mol. The first-order valence-electron chi connectivity index (χ1n) is 8.10. The maximum Gasteiger partial charge on any atom is 0.338 e. The molecule has 6 heteroatoms. The van der Waals surface area contributed by atoms with Crippen molar-refractivity contribution < 1.29 is 14.3 Å². The third-order valence-corrected chi connectivity index (χ3v) is 4.07. The highest BCUT2D eigenvalue weighted by molar-refractivity contribution is 6.01. The lowest BCUT2D eigenvalue weighted by atomic mass is 10.0. The van der Waals surface area contributed by atoms with E-state index >= 15 is 0 Å². The normalized spacial score (nSPS) is 10.8. The quantitative estimate of drug-likeness (QED) is 0.528. The van der Waals surface area contributed by atoms with Crippen molar-refractivity contribution in [3.05, 3.63) is 58.7 Å². The maximum absolute atomic E-state index is 12.3. The van der Waals surface area contributed by atoms with Crippen LogP contribution in [-0.4, -0.2) is 33.4 Å². The van der Waals surface area contributed by atoms with Gasteiger partial charge < -0.3 is 4.74 Å². The molecule has 0 spiro atoms. The van der Waals surface area contributed by atoms with Crippen LogP contribution in [0.15, 0.2) is 36.4 Å². The van der Waals surface area contributed by atoms with Gasteiger partial charge in [0, 0.05) is 12.1 Å². The minimum absolute atomic E-state index is 0.219. The molecule has 0 unspecified atom stereocenters. The van der Waals surface area contributed by atoms with Gasteiger partial charge in [-0.15, -0.1) is 5.10 Å². The average Bonchev–Trinajstić information content (AvgIpc) is 3.01. The van der Waals surface area contributed by atoms with Gasteiger partial charge in [-0.3, -0.25) is 4.79 Å². The number of fused-ring (bicyclic) bond motifs is 1. The molecule has 0 saturated heterocycles. The zero-order chi connectivity index (χ0) is 18.0. The summed E-state index contributed by atoms with van der Waals surface area (Å²) in [5.74, 6) is -0.769. The van der Waals surface area contributed by atoms with Crippen LogP contribution in [0.2, 0.25) is 0 Å². The Bertz CT molecular complexity index is 960. The molecule has 0 saturated carbocycles. The van der Waals surface area contributed by atoms with Crippen LogP contribution in [0.3, 0.4) is 0 Å². The van der Waals surface area contributed by atoms with Crippen LogP contribution in [0.1, 0.15) is 38.8 Å². The Hall–Kier alpha value is -3.02. The highest BCUT2D eigenvalue weighted by Crippen LogP contribution is 2.15. The number of rotatable bonds is 5. The molecule has 0 N–H and O–H groups in total. The van der Waals surface area contributed by atoms with E-state index in [0.717, 1.165) is 16.6 Å². The fourth-order valence-corrected chi connectivity index (χ4v) is 2.75. The molecule has 0 amide bonds. The highest BCUT2D eigenvalue weighted by atomic mass is 16.5. The van der Waals surface area contributed by atoms with Gasteiger partial charge in [-0.1, -0.05) is 29.0 Å². The number of nitrogens with zero attached hydrogens (tertiary/aromatic N) is 3. The molecule has 0 aliphatic carbocycles. The Morgan fingerprint density at radius 1 is 1.12 bits per heavy atom. The van der Waals surface area contributed by atoms with Crippen LogP contribution >= 0.6 is 0 Å². The second-order valence-electron chi connectivity index (χ2n) is 5.93. The van der Waals surface area contributed by atoms with Crippen LogP contribution < -0.4 is 0 Å². The summed E-state index contributed by atoms with van der Waals surface area (Å²) in [5.41, 5.74) is 4.35. The summed E-state index contributed by atoms with van der Waals surface area (Å²) in [6.45, 7) is 6.21. The first kappa shape index (κ1) is 16.8. The first-order valence-corrected chi connectivity index (χ1v) is 8.10. The zero-order valence-electron chi connectivity index (χ0n) is 14.4. The fraction of sp³-hybridized carbons (Fsp3) is 0.263. The minimum Gasteiger partial charge on any atom is -0.454 e. The molecule has 2 aromatic carbocycles. The number of Topliss-reactive ketones (excluding diaryl/α,β-unsaturated/α-hetero) is 1. The topological polar surface area (TPSA) is 74.1 Å². The Balaban J connectivity index is 1.71. The summed E-state index contributed by atoms with van der Waals surface area (Å²) in [4.78, 5) is 24.5. The lowest BCUT2D eigenvalue weighted by Gasteiger charge is -2.07. The molecule has 0 radical (unpaired) electrons.